The zero-order valence-corrected chi connectivity index (χ0v) is 14.4. The van der Waals surface area contributed by atoms with E-state index >= 15 is 0 Å². The number of carbonyl (C=O) groups excluding carboxylic acids is 1. The van der Waals surface area contributed by atoms with Crippen LogP contribution >= 0.6 is 27.7 Å². The number of nitrogens with one attached hydrogen (secondary N) is 1. The average Bonchev–Trinajstić information content (AvgIpc) is 2.50. The van der Waals surface area contributed by atoms with Gasteiger partial charge in [-0.15, -0.1) is 0 Å². The number of pyridine rings is 1. The van der Waals surface area contributed by atoms with Crippen molar-refractivity contribution in [3.05, 3.63) is 52.6 Å². The first-order valence-electron chi connectivity index (χ1n) is 6.79. The minimum absolute atomic E-state index is 0.0722. The monoisotopic (exact) mass is 364 g/mol. The van der Waals surface area contributed by atoms with Crippen molar-refractivity contribution in [2.24, 2.45) is 0 Å². The number of nitrogens with zero attached hydrogens (tertiary/aromatic N) is 1. The van der Waals surface area contributed by atoms with E-state index in [2.05, 4.69) is 26.2 Å². The second-order valence-corrected chi connectivity index (χ2v) is 6.67. The van der Waals surface area contributed by atoms with Gasteiger partial charge in [-0.1, -0.05) is 34.6 Å². The van der Waals surface area contributed by atoms with E-state index in [9.17, 15) is 4.79 Å². The Bertz CT molecular complexity index is 616. The molecule has 1 amide bonds. The van der Waals surface area contributed by atoms with E-state index in [1.54, 1.807) is 12.3 Å². The Kier molecular flexibility index (Phi) is 5.82. The van der Waals surface area contributed by atoms with Crippen LogP contribution in [-0.2, 0) is 0 Å². The first kappa shape index (κ1) is 16.0. The maximum atomic E-state index is 12.3. The van der Waals surface area contributed by atoms with Crippen LogP contribution in [0, 0.1) is 0 Å². The molecule has 1 N–H and O–H groups in total. The number of carbonyl (C=O) groups is 1. The van der Waals surface area contributed by atoms with Crippen LogP contribution in [-0.4, -0.2) is 16.9 Å². The normalized spacial score (nSPS) is 12.0. The van der Waals surface area contributed by atoms with Gasteiger partial charge in [0, 0.05) is 21.6 Å². The fourth-order valence-corrected chi connectivity index (χ4v) is 2.81. The Labute approximate surface area is 137 Å². The number of rotatable bonds is 5. The van der Waals surface area contributed by atoms with Crippen molar-refractivity contribution in [2.45, 2.75) is 36.2 Å². The van der Waals surface area contributed by atoms with Crippen LogP contribution in [0.1, 0.15) is 30.6 Å². The molecule has 0 radical (unpaired) electrons. The van der Waals surface area contributed by atoms with E-state index in [4.69, 9.17) is 0 Å². The minimum Gasteiger partial charge on any atom is -0.350 e. The summed E-state index contributed by atoms with van der Waals surface area (Å²) < 4.78 is 1.03. The van der Waals surface area contributed by atoms with Gasteiger partial charge in [0.15, 0.2) is 0 Å². The van der Waals surface area contributed by atoms with Crippen LogP contribution in [0.25, 0.3) is 0 Å². The third-order valence-electron chi connectivity index (χ3n) is 3.03. The topological polar surface area (TPSA) is 42.0 Å². The molecule has 1 heterocycles. The number of hydrogen-bond acceptors (Lipinski definition) is 3. The highest BCUT2D eigenvalue weighted by Gasteiger charge is 2.14. The van der Waals surface area contributed by atoms with Crippen molar-refractivity contribution in [1.82, 2.24) is 10.3 Å². The molecule has 21 heavy (non-hydrogen) atoms. The molecule has 0 saturated heterocycles. The van der Waals surface area contributed by atoms with Gasteiger partial charge >= 0.3 is 0 Å². The summed E-state index contributed by atoms with van der Waals surface area (Å²) in [7, 11) is 0. The first-order valence-corrected chi connectivity index (χ1v) is 8.40. The van der Waals surface area contributed by atoms with Crippen molar-refractivity contribution in [3.63, 3.8) is 0 Å². The smallest absolute Gasteiger partial charge is 0.254 e. The summed E-state index contributed by atoms with van der Waals surface area (Å²) in [5.74, 6) is -0.0722. The molecule has 110 valence electrons. The van der Waals surface area contributed by atoms with Gasteiger partial charge in [0.1, 0.15) is 5.03 Å². The minimum atomic E-state index is -0.0722. The fraction of sp³-hybridized carbons (Fsp3) is 0.250. The Balaban J connectivity index is 2.20. The highest BCUT2D eigenvalue weighted by molar-refractivity contribution is 9.10. The molecular weight excluding hydrogens is 348 g/mol. The molecule has 0 spiro atoms. The number of halogens is 1. The van der Waals surface area contributed by atoms with Crippen LogP contribution in [0.5, 0.6) is 0 Å². The van der Waals surface area contributed by atoms with Crippen LogP contribution in [0.3, 0.4) is 0 Å². The van der Waals surface area contributed by atoms with Gasteiger partial charge in [-0.3, -0.25) is 4.79 Å². The Hall–Kier alpha value is -1.33. The maximum Gasteiger partial charge on any atom is 0.254 e. The number of benzene rings is 1. The van der Waals surface area contributed by atoms with E-state index < -0.39 is 0 Å². The highest BCUT2D eigenvalue weighted by atomic mass is 79.9. The lowest BCUT2D eigenvalue weighted by Crippen LogP contribution is -2.32. The second kappa shape index (κ2) is 7.61. The zero-order chi connectivity index (χ0) is 15.2. The van der Waals surface area contributed by atoms with Crippen molar-refractivity contribution in [2.75, 3.05) is 0 Å². The second-order valence-electron chi connectivity index (χ2n) is 4.69. The molecule has 0 saturated carbocycles. The summed E-state index contributed by atoms with van der Waals surface area (Å²) in [6.07, 6.45) is 2.61. The standard InChI is InChI=1S/C16H17BrN2OS/c1-3-11(2)19-15(20)14-5-4-10-18-16(14)21-13-8-6-12(17)7-9-13/h4-11H,3H2,1-2H3,(H,19,20). The van der Waals surface area contributed by atoms with E-state index in [1.807, 2.05) is 44.2 Å². The van der Waals surface area contributed by atoms with Gasteiger partial charge in [0.2, 0.25) is 0 Å². The highest BCUT2D eigenvalue weighted by Crippen LogP contribution is 2.29. The number of amides is 1. The molecule has 0 bridgehead atoms. The molecule has 1 aromatic heterocycles. The quantitative estimate of drug-likeness (QED) is 0.847. The third kappa shape index (κ3) is 4.58. The van der Waals surface area contributed by atoms with Crippen LogP contribution < -0.4 is 5.32 Å². The summed E-state index contributed by atoms with van der Waals surface area (Å²) in [5, 5.41) is 3.70. The van der Waals surface area contributed by atoms with E-state index in [0.717, 1.165) is 20.8 Å². The van der Waals surface area contributed by atoms with Gasteiger partial charge in [-0.2, -0.15) is 0 Å². The molecule has 5 heteroatoms. The fourth-order valence-electron chi connectivity index (χ4n) is 1.66. The SMILES string of the molecule is CCC(C)NC(=O)c1cccnc1Sc1ccc(Br)cc1. The van der Waals surface area contributed by atoms with Gasteiger partial charge < -0.3 is 5.32 Å². The summed E-state index contributed by atoms with van der Waals surface area (Å²) in [4.78, 5) is 17.7. The van der Waals surface area contributed by atoms with Gasteiger partial charge in [0.05, 0.1) is 5.56 Å². The lowest BCUT2D eigenvalue weighted by Gasteiger charge is -2.13. The summed E-state index contributed by atoms with van der Waals surface area (Å²) in [6.45, 7) is 4.04. The number of hydrogen-bond donors (Lipinski definition) is 1. The van der Waals surface area contributed by atoms with Crippen LogP contribution in [0.15, 0.2) is 57.0 Å². The Morgan fingerprint density at radius 2 is 2.05 bits per heavy atom. The molecule has 0 aliphatic heterocycles. The molecule has 2 aromatic rings. The van der Waals surface area contributed by atoms with Crippen LogP contribution in [0.4, 0.5) is 0 Å². The largest absolute Gasteiger partial charge is 0.350 e. The molecule has 0 aliphatic carbocycles. The average molecular weight is 365 g/mol. The predicted molar refractivity (Wildman–Crippen MR) is 89.7 cm³/mol. The lowest BCUT2D eigenvalue weighted by molar-refractivity contribution is 0.0935. The molecule has 3 nitrogen and oxygen atoms in total. The van der Waals surface area contributed by atoms with Crippen LogP contribution in [0.2, 0.25) is 0 Å². The molecule has 0 aliphatic rings. The van der Waals surface area contributed by atoms with E-state index in [1.165, 1.54) is 11.8 Å². The predicted octanol–water partition coefficient (Wildman–Crippen LogP) is 4.52. The third-order valence-corrected chi connectivity index (χ3v) is 4.59. The van der Waals surface area contributed by atoms with Crippen molar-refractivity contribution >= 4 is 33.6 Å². The maximum absolute atomic E-state index is 12.3. The molecule has 1 unspecified atom stereocenters. The van der Waals surface area contributed by atoms with Gasteiger partial charge in [-0.05, 0) is 49.7 Å². The van der Waals surface area contributed by atoms with Crippen molar-refractivity contribution in [3.8, 4) is 0 Å². The Morgan fingerprint density at radius 3 is 2.71 bits per heavy atom. The molecule has 1 aromatic carbocycles. The van der Waals surface area contributed by atoms with Gasteiger partial charge in [-0.25, -0.2) is 4.98 Å². The van der Waals surface area contributed by atoms with Gasteiger partial charge in [0.25, 0.3) is 5.91 Å². The van der Waals surface area contributed by atoms with Crippen molar-refractivity contribution < 1.29 is 4.79 Å². The molecule has 0 fully saturated rings. The Morgan fingerprint density at radius 1 is 1.33 bits per heavy atom. The lowest BCUT2D eigenvalue weighted by atomic mass is 10.2. The summed E-state index contributed by atoms with van der Waals surface area (Å²) >= 11 is 4.91. The number of aromatic nitrogens is 1. The molecular formula is C16H17BrN2OS. The zero-order valence-electron chi connectivity index (χ0n) is 12.0. The molecule has 1 atom stereocenters. The van der Waals surface area contributed by atoms with E-state index in [0.29, 0.717) is 5.56 Å². The summed E-state index contributed by atoms with van der Waals surface area (Å²) in [5.41, 5.74) is 0.616. The van der Waals surface area contributed by atoms with E-state index in [-0.39, 0.29) is 11.9 Å². The van der Waals surface area contributed by atoms with Crippen molar-refractivity contribution in [1.29, 1.82) is 0 Å². The summed E-state index contributed by atoms with van der Waals surface area (Å²) in [6, 6.07) is 11.7. The first-order chi connectivity index (χ1) is 10.1. The molecule has 2 rings (SSSR count).